The molecule has 0 unspecified atom stereocenters. The molecule has 1 fully saturated rings. The second-order valence-electron chi connectivity index (χ2n) is 4.63. The molecule has 2 aromatic heterocycles. The summed E-state index contributed by atoms with van der Waals surface area (Å²) in [7, 11) is 0. The molecule has 1 aliphatic rings. The zero-order valence-corrected chi connectivity index (χ0v) is 10.7. The molecular weight excluding hydrogens is 246 g/mol. The minimum Gasteiger partial charge on any atom is -0.381 e. The van der Waals surface area contributed by atoms with E-state index in [1.165, 1.54) is 0 Å². The molecule has 0 radical (unpaired) electrons. The molecular formula is C12H17N5O2. The molecule has 0 aliphatic carbocycles. The molecule has 1 saturated heterocycles. The van der Waals surface area contributed by atoms with Crippen molar-refractivity contribution in [3.8, 4) is 11.6 Å². The van der Waals surface area contributed by atoms with E-state index in [2.05, 4.69) is 15.1 Å². The van der Waals surface area contributed by atoms with Crippen molar-refractivity contribution >= 4 is 0 Å². The Kier molecular flexibility index (Phi) is 3.56. The summed E-state index contributed by atoms with van der Waals surface area (Å²) in [5, 5.41) is 4.06. The van der Waals surface area contributed by atoms with Gasteiger partial charge in [0.1, 0.15) is 5.69 Å². The Bertz CT molecular complexity index is 530. The molecule has 3 rings (SSSR count). The number of hydrogen-bond donors (Lipinski definition) is 1. The standard InChI is InChI=1S/C12H17N5O2/c13-3-4-17-7-10(14-8-17)12-15-11(16-19-12)9-1-5-18-6-2-9/h7-9H,1-6,13H2. The van der Waals surface area contributed by atoms with Crippen LogP contribution in [0, 0.1) is 0 Å². The fraction of sp³-hybridized carbons (Fsp3) is 0.583. The van der Waals surface area contributed by atoms with Gasteiger partial charge < -0.3 is 19.6 Å². The van der Waals surface area contributed by atoms with Crippen LogP contribution in [0.25, 0.3) is 11.6 Å². The van der Waals surface area contributed by atoms with Gasteiger partial charge in [0.15, 0.2) is 5.82 Å². The largest absolute Gasteiger partial charge is 0.381 e. The minimum absolute atomic E-state index is 0.331. The van der Waals surface area contributed by atoms with E-state index in [-0.39, 0.29) is 0 Å². The molecule has 7 heteroatoms. The smallest absolute Gasteiger partial charge is 0.278 e. The Morgan fingerprint density at radius 2 is 2.21 bits per heavy atom. The predicted octanol–water partition coefficient (Wildman–Crippen LogP) is 0.786. The molecule has 0 saturated carbocycles. The Labute approximate surface area is 110 Å². The van der Waals surface area contributed by atoms with Gasteiger partial charge in [-0.05, 0) is 12.8 Å². The van der Waals surface area contributed by atoms with E-state index in [1.807, 2.05) is 10.8 Å². The van der Waals surface area contributed by atoms with Gasteiger partial charge in [-0.2, -0.15) is 4.98 Å². The molecule has 0 atom stereocenters. The van der Waals surface area contributed by atoms with Crippen LogP contribution >= 0.6 is 0 Å². The van der Waals surface area contributed by atoms with Crippen molar-refractivity contribution in [2.24, 2.45) is 5.73 Å². The van der Waals surface area contributed by atoms with E-state index in [9.17, 15) is 0 Å². The van der Waals surface area contributed by atoms with Crippen LogP contribution in [0.5, 0.6) is 0 Å². The van der Waals surface area contributed by atoms with Crippen LogP contribution in [0.3, 0.4) is 0 Å². The lowest BCUT2D eigenvalue weighted by atomic mass is 10.00. The maximum atomic E-state index is 5.50. The van der Waals surface area contributed by atoms with Gasteiger partial charge >= 0.3 is 0 Å². The van der Waals surface area contributed by atoms with Crippen molar-refractivity contribution in [2.45, 2.75) is 25.3 Å². The molecule has 0 bridgehead atoms. The van der Waals surface area contributed by atoms with E-state index in [0.717, 1.165) is 38.4 Å². The molecule has 102 valence electrons. The van der Waals surface area contributed by atoms with Gasteiger partial charge in [0.2, 0.25) is 0 Å². The quantitative estimate of drug-likeness (QED) is 0.876. The van der Waals surface area contributed by atoms with Crippen molar-refractivity contribution in [3.05, 3.63) is 18.3 Å². The zero-order valence-electron chi connectivity index (χ0n) is 10.7. The highest BCUT2D eigenvalue weighted by Gasteiger charge is 2.22. The number of aromatic nitrogens is 4. The van der Waals surface area contributed by atoms with Crippen LogP contribution in [0.2, 0.25) is 0 Å². The third kappa shape index (κ3) is 2.66. The average molecular weight is 263 g/mol. The normalized spacial score (nSPS) is 16.9. The fourth-order valence-corrected chi connectivity index (χ4v) is 2.20. The first kappa shape index (κ1) is 12.3. The highest BCUT2D eigenvalue weighted by Crippen LogP contribution is 2.26. The third-order valence-electron chi connectivity index (χ3n) is 3.27. The first-order valence-corrected chi connectivity index (χ1v) is 6.50. The highest BCUT2D eigenvalue weighted by atomic mass is 16.5. The zero-order chi connectivity index (χ0) is 13.1. The SMILES string of the molecule is NCCn1cnc(-c2nc(C3CCOCC3)no2)c1. The molecule has 19 heavy (non-hydrogen) atoms. The molecule has 2 aromatic rings. The van der Waals surface area contributed by atoms with E-state index in [1.54, 1.807) is 6.33 Å². The maximum Gasteiger partial charge on any atom is 0.278 e. The lowest BCUT2D eigenvalue weighted by Crippen LogP contribution is -2.15. The molecule has 7 nitrogen and oxygen atoms in total. The molecule has 0 spiro atoms. The average Bonchev–Trinajstić information content (AvgIpc) is 3.08. The van der Waals surface area contributed by atoms with Crippen LogP contribution in [-0.4, -0.2) is 39.5 Å². The first-order chi connectivity index (χ1) is 9.36. The molecule has 2 N–H and O–H groups in total. The summed E-state index contributed by atoms with van der Waals surface area (Å²) in [4.78, 5) is 8.69. The second kappa shape index (κ2) is 5.50. The Balaban J connectivity index is 1.75. The van der Waals surface area contributed by atoms with Gasteiger partial charge in [0.25, 0.3) is 5.89 Å². The van der Waals surface area contributed by atoms with Crippen LogP contribution in [0.1, 0.15) is 24.6 Å². The Hall–Kier alpha value is -1.73. The Morgan fingerprint density at radius 1 is 1.37 bits per heavy atom. The molecule has 0 aromatic carbocycles. The topological polar surface area (TPSA) is 92.0 Å². The third-order valence-corrected chi connectivity index (χ3v) is 3.27. The monoisotopic (exact) mass is 263 g/mol. The first-order valence-electron chi connectivity index (χ1n) is 6.50. The van der Waals surface area contributed by atoms with E-state index >= 15 is 0 Å². The van der Waals surface area contributed by atoms with Crippen LogP contribution in [-0.2, 0) is 11.3 Å². The van der Waals surface area contributed by atoms with Crippen molar-refractivity contribution < 1.29 is 9.26 Å². The van der Waals surface area contributed by atoms with Crippen molar-refractivity contribution in [1.82, 2.24) is 19.7 Å². The van der Waals surface area contributed by atoms with Gasteiger partial charge in [-0.15, -0.1) is 0 Å². The van der Waals surface area contributed by atoms with Crippen LogP contribution in [0.15, 0.2) is 17.0 Å². The molecule has 0 amide bonds. The number of rotatable bonds is 4. The minimum atomic E-state index is 0.331. The number of nitrogens with zero attached hydrogens (tertiary/aromatic N) is 4. The predicted molar refractivity (Wildman–Crippen MR) is 67.4 cm³/mol. The molecule has 1 aliphatic heterocycles. The number of nitrogens with two attached hydrogens (primary N) is 1. The van der Waals surface area contributed by atoms with Crippen LogP contribution in [0.4, 0.5) is 0 Å². The highest BCUT2D eigenvalue weighted by molar-refractivity contribution is 5.44. The maximum absolute atomic E-state index is 5.50. The fourth-order valence-electron chi connectivity index (χ4n) is 2.20. The summed E-state index contributed by atoms with van der Waals surface area (Å²) < 4.78 is 12.5. The number of ether oxygens (including phenoxy) is 1. The summed E-state index contributed by atoms with van der Waals surface area (Å²) in [6.07, 6.45) is 5.48. The lowest BCUT2D eigenvalue weighted by Gasteiger charge is -2.18. The van der Waals surface area contributed by atoms with Gasteiger partial charge in [-0.25, -0.2) is 4.98 Å². The summed E-state index contributed by atoms with van der Waals surface area (Å²) in [5.41, 5.74) is 6.19. The Morgan fingerprint density at radius 3 is 3.00 bits per heavy atom. The van der Waals surface area contributed by atoms with Crippen molar-refractivity contribution in [1.29, 1.82) is 0 Å². The van der Waals surface area contributed by atoms with E-state index in [4.69, 9.17) is 15.0 Å². The summed E-state index contributed by atoms with van der Waals surface area (Å²) in [6.45, 7) is 2.83. The van der Waals surface area contributed by atoms with Gasteiger partial charge in [-0.3, -0.25) is 0 Å². The number of imidazole rings is 1. The number of hydrogen-bond acceptors (Lipinski definition) is 6. The van der Waals surface area contributed by atoms with Gasteiger partial charge in [-0.1, -0.05) is 5.16 Å². The second-order valence-corrected chi connectivity index (χ2v) is 4.63. The van der Waals surface area contributed by atoms with Gasteiger partial charge in [0, 0.05) is 38.4 Å². The van der Waals surface area contributed by atoms with E-state index in [0.29, 0.717) is 24.0 Å². The lowest BCUT2D eigenvalue weighted by molar-refractivity contribution is 0.0830. The summed E-state index contributed by atoms with van der Waals surface area (Å²) >= 11 is 0. The summed E-state index contributed by atoms with van der Waals surface area (Å²) in [5.74, 6) is 1.56. The van der Waals surface area contributed by atoms with Crippen molar-refractivity contribution in [3.63, 3.8) is 0 Å². The van der Waals surface area contributed by atoms with Crippen LogP contribution < -0.4 is 5.73 Å². The summed E-state index contributed by atoms with van der Waals surface area (Å²) in [6, 6.07) is 0. The molecule has 3 heterocycles. The van der Waals surface area contributed by atoms with Crippen molar-refractivity contribution in [2.75, 3.05) is 19.8 Å². The van der Waals surface area contributed by atoms with E-state index < -0.39 is 0 Å². The van der Waals surface area contributed by atoms with Gasteiger partial charge in [0.05, 0.1) is 6.33 Å².